The summed E-state index contributed by atoms with van der Waals surface area (Å²) in [6.07, 6.45) is 1.66. The molecule has 0 bridgehead atoms. The van der Waals surface area contributed by atoms with Crippen molar-refractivity contribution in [3.63, 3.8) is 0 Å². The second-order valence-electron chi connectivity index (χ2n) is 2.56. The predicted molar refractivity (Wildman–Crippen MR) is 49.1 cm³/mol. The standard InChI is InChI=1S/C7H17N2O2S/c1-4-6-9(7-5-2)12(10,11)8-3/h4-7H2,1-3H3. The Kier molecular flexibility index (Phi) is 5.44. The van der Waals surface area contributed by atoms with Gasteiger partial charge in [0.2, 0.25) is 0 Å². The van der Waals surface area contributed by atoms with Crippen molar-refractivity contribution in [1.29, 1.82) is 0 Å². The van der Waals surface area contributed by atoms with Gasteiger partial charge in [-0.2, -0.15) is 12.7 Å². The Labute approximate surface area is 75.1 Å². The van der Waals surface area contributed by atoms with Crippen LogP contribution < -0.4 is 4.72 Å². The van der Waals surface area contributed by atoms with Gasteiger partial charge in [-0.25, -0.2) is 0 Å². The van der Waals surface area contributed by atoms with Crippen LogP contribution in [0.25, 0.3) is 0 Å². The molecule has 0 spiro atoms. The minimum Gasteiger partial charge on any atom is -0.193 e. The average Bonchev–Trinajstić information content (AvgIpc) is 2.04. The van der Waals surface area contributed by atoms with Crippen molar-refractivity contribution < 1.29 is 8.42 Å². The van der Waals surface area contributed by atoms with Crippen molar-refractivity contribution in [2.75, 3.05) is 20.1 Å². The molecule has 0 rings (SSSR count). The molecule has 73 valence electrons. The fourth-order valence-corrected chi connectivity index (χ4v) is 2.01. The molecule has 0 aliphatic heterocycles. The Hall–Kier alpha value is -0.130. The summed E-state index contributed by atoms with van der Waals surface area (Å²) < 4.78 is 27.2. The quantitative estimate of drug-likeness (QED) is 0.620. The smallest absolute Gasteiger partial charge is 0.193 e. The molecule has 0 heterocycles. The third kappa shape index (κ3) is 3.51. The molecule has 0 N–H and O–H groups in total. The highest BCUT2D eigenvalue weighted by Crippen LogP contribution is 2.00. The highest BCUT2D eigenvalue weighted by molar-refractivity contribution is 7.87. The van der Waals surface area contributed by atoms with E-state index in [4.69, 9.17) is 0 Å². The van der Waals surface area contributed by atoms with Gasteiger partial charge in [0.25, 0.3) is 10.2 Å². The van der Waals surface area contributed by atoms with Crippen molar-refractivity contribution in [1.82, 2.24) is 9.03 Å². The maximum absolute atomic E-state index is 11.2. The van der Waals surface area contributed by atoms with Crippen molar-refractivity contribution in [2.24, 2.45) is 0 Å². The molecule has 0 saturated heterocycles. The second kappa shape index (κ2) is 5.50. The molecule has 1 radical (unpaired) electrons. The lowest BCUT2D eigenvalue weighted by Gasteiger charge is -2.18. The average molecular weight is 193 g/mol. The van der Waals surface area contributed by atoms with Gasteiger partial charge in [-0.05, 0) is 12.8 Å². The summed E-state index contributed by atoms with van der Waals surface area (Å²) in [5, 5.41) is 0. The van der Waals surface area contributed by atoms with Gasteiger partial charge in [-0.3, -0.25) is 0 Å². The van der Waals surface area contributed by atoms with Crippen LogP contribution in [0.15, 0.2) is 0 Å². The molecule has 0 aliphatic carbocycles. The lowest BCUT2D eigenvalue weighted by atomic mass is 10.4. The van der Waals surface area contributed by atoms with Crippen LogP contribution in [0.4, 0.5) is 0 Å². The predicted octanol–water partition coefficient (Wildman–Crippen LogP) is 0.587. The van der Waals surface area contributed by atoms with Gasteiger partial charge in [-0.15, -0.1) is 4.72 Å². The lowest BCUT2D eigenvalue weighted by molar-refractivity contribution is 0.404. The number of hydrogen-bond donors (Lipinski definition) is 0. The van der Waals surface area contributed by atoms with Crippen molar-refractivity contribution in [3.8, 4) is 0 Å². The van der Waals surface area contributed by atoms with E-state index < -0.39 is 10.2 Å². The molecule has 12 heavy (non-hydrogen) atoms. The molecule has 5 heteroatoms. The van der Waals surface area contributed by atoms with E-state index in [1.165, 1.54) is 11.4 Å². The molecular weight excluding hydrogens is 176 g/mol. The van der Waals surface area contributed by atoms with Crippen LogP contribution in [-0.4, -0.2) is 32.9 Å². The Balaban J connectivity index is 4.28. The lowest BCUT2D eigenvalue weighted by Crippen LogP contribution is -2.36. The Morgan fingerprint density at radius 1 is 1.17 bits per heavy atom. The topological polar surface area (TPSA) is 51.5 Å². The fraction of sp³-hybridized carbons (Fsp3) is 1.00. The highest BCUT2D eigenvalue weighted by atomic mass is 32.2. The van der Waals surface area contributed by atoms with E-state index in [1.807, 2.05) is 13.8 Å². The zero-order valence-corrected chi connectivity index (χ0v) is 8.76. The van der Waals surface area contributed by atoms with Crippen LogP contribution in [0, 0.1) is 0 Å². The van der Waals surface area contributed by atoms with E-state index >= 15 is 0 Å². The van der Waals surface area contributed by atoms with Crippen molar-refractivity contribution in [2.45, 2.75) is 26.7 Å². The normalized spacial score (nSPS) is 12.3. The van der Waals surface area contributed by atoms with Crippen molar-refractivity contribution in [3.05, 3.63) is 0 Å². The van der Waals surface area contributed by atoms with Crippen LogP contribution in [0.3, 0.4) is 0 Å². The van der Waals surface area contributed by atoms with Gasteiger partial charge in [0, 0.05) is 20.1 Å². The minimum absolute atomic E-state index is 0.563. The zero-order valence-electron chi connectivity index (χ0n) is 7.95. The summed E-state index contributed by atoms with van der Waals surface area (Å²) in [5.74, 6) is 0. The summed E-state index contributed by atoms with van der Waals surface area (Å²) in [6.45, 7) is 5.03. The second-order valence-corrected chi connectivity index (χ2v) is 4.34. The van der Waals surface area contributed by atoms with Crippen LogP contribution >= 0.6 is 0 Å². The molecule has 0 amide bonds. The Morgan fingerprint density at radius 2 is 1.58 bits per heavy atom. The Bertz CT molecular complexity index is 195. The van der Waals surface area contributed by atoms with Gasteiger partial charge < -0.3 is 0 Å². The minimum atomic E-state index is -3.33. The van der Waals surface area contributed by atoms with E-state index in [-0.39, 0.29) is 0 Å². The van der Waals surface area contributed by atoms with Crippen LogP contribution in [0.2, 0.25) is 0 Å². The monoisotopic (exact) mass is 193 g/mol. The molecule has 0 aromatic heterocycles. The first-order chi connectivity index (χ1) is 5.58. The van der Waals surface area contributed by atoms with Crippen molar-refractivity contribution >= 4 is 10.2 Å². The van der Waals surface area contributed by atoms with Gasteiger partial charge in [0.05, 0.1) is 0 Å². The maximum Gasteiger partial charge on any atom is 0.295 e. The third-order valence-corrected chi connectivity index (χ3v) is 2.98. The number of nitrogens with zero attached hydrogens (tertiary/aromatic N) is 2. The van der Waals surface area contributed by atoms with E-state index in [0.29, 0.717) is 13.1 Å². The molecule has 4 nitrogen and oxygen atoms in total. The summed E-state index contributed by atoms with van der Waals surface area (Å²) in [7, 11) is -2.01. The summed E-state index contributed by atoms with van der Waals surface area (Å²) >= 11 is 0. The van der Waals surface area contributed by atoms with E-state index in [0.717, 1.165) is 12.8 Å². The Morgan fingerprint density at radius 3 is 1.83 bits per heavy atom. The van der Waals surface area contributed by atoms with E-state index in [1.54, 1.807) is 0 Å². The molecule has 0 aliphatic rings. The molecule has 0 atom stereocenters. The van der Waals surface area contributed by atoms with E-state index in [2.05, 4.69) is 4.72 Å². The van der Waals surface area contributed by atoms with Gasteiger partial charge in [-0.1, -0.05) is 13.8 Å². The summed E-state index contributed by atoms with van der Waals surface area (Å²) in [5.41, 5.74) is 0. The molecular formula is C7H17N2O2S. The fourth-order valence-electron chi connectivity index (χ4n) is 0.957. The molecule has 0 aromatic rings. The largest absolute Gasteiger partial charge is 0.295 e. The van der Waals surface area contributed by atoms with Crippen LogP contribution in [-0.2, 0) is 10.2 Å². The molecule has 0 fully saturated rings. The summed E-state index contributed by atoms with van der Waals surface area (Å²) in [4.78, 5) is 0. The summed E-state index contributed by atoms with van der Waals surface area (Å²) in [6, 6.07) is 0. The molecule has 0 saturated carbocycles. The van der Waals surface area contributed by atoms with Gasteiger partial charge in [0.1, 0.15) is 0 Å². The third-order valence-electron chi connectivity index (χ3n) is 1.50. The number of hydrogen-bond acceptors (Lipinski definition) is 2. The first kappa shape index (κ1) is 11.9. The SMILES string of the molecule is CCCN(CCC)S(=O)(=O)[N]C. The van der Waals surface area contributed by atoms with E-state index in [9.17, 15) is 8.42 Å². The van der Waals surface area contributed by atoms with Crippen LogP contribution in [0.1, 0.15) is 26.7 Å². The van der Waals surface area contributed by atoms with Crippen LogP contribution in [0.5, 0.6) is 0 Å². The maximum atomic E-state index is 11.2. The molecule has 0 unspecified atom stereocenters. The highest BCUT2D eigenvalue weighted by Gasteiger charge is 2.18. The molecule has 0 aromatic carbocycles. The first-order valence-electron chi connectivity index (χ1n) is 4.19. The zero-order chi connectivity index (χ0) is 9.61. The number of rotatable bonds is 6. The first-order valence-corrected chi connectivity index (χ1v) is 5.59. The van der Waals surface area contributed by atoms with Gasteiger partial charge in [0.15, 0.2) is 0 Å². The van der Waals surface area contributed by atoms with Gasteiger partial charge >= 0.3 is 0 Å².